The van der Waals surface area contributed by atoms with Crippen LogP contribution in [0.5, 0.6) is 0 Å². The van der Waals surface area contributed by atoms with E-state index in [4.69, 9.17) is 0 Å². The largest absolute Gasteiger partial charge is 0.343 e. The summed E-state index contributed by atoms with van der Waals surface area (Å²) in [6.45, 7) is 3.62. The van der Waals surface area contributed by atoms with Crippen molar-refractivity contribution in [3.05, 3.63) is 48.0 Å². The van der Waals surface area contributed by atoms with Crippen LogP contribution in [0.25, 0.3) is 10.8 Å². The van der Waals surface area contributed by atoms with E-state index in [1.807, 2.05) is 44.2 Å². The molecule has 0 aliphatic heterocycles. The summed E-state index contributed by atoms with van der Waals surface area (Å²) in [4.78, 5) is 35.9. The quantitative estimate of drug-likeness (QED) is 0.704. The summed E-state index contributed by atoms with van der Waals surface area (Å²) in [6, 6.07) is 13.0. The molecule has 0 bridgehead atoms. The maximum atomic E-state index is 12.3. The predicted octanol–water partition coefficient (Wildman–Crippen LogP) is 2.15. The minimum Gasteiger partial charge on any atom is -0.343 e. The van der Waals surface area contributed by atoms with Crippen molar-refractivity contribution in [1.29, 1.82) is 0 Å². The molecule has 0 saturated carbocycles. The summed E-state index contributed by atoms with van der Waals surface area (Å²) in [5, 5.41) is 4.35. The van der Waals surface area contributed by atoms with Crippen LogP contribution in [0.1, 0.15) is 37.0 Å². The number of benzene rings is 2. The lowest BCUT2D eigenvalue weighted by molar-refractivity contribution is -0.131. The number of hydrogen-bond acceptors (Lipinski definition) is 3. The van der Waals surface area contributed by atoms with Gasteiger partial charge in [-0.05, 0) is 29.7 Å². The van der Waals surface area contributed by atoms with E-state index in [1.165, 1.54) is 0 Å². The molecule has 3 amide bonds. The zero-order valence-electron chi connectivity index (χ0n) is 14.5. The summed E-state index contributed by atoms with van der Waals surface area (Å²) < 4.78 is 0. The van der Waals surface area contributed by atoms with Gasteiger partial charge in [0.25, 0.3) is 11.8 Å². The zero-order chi connectivity index (χ0) is 18.2. The van der Waals surface area contributed by atoms with Gasteiger partial charge in [-0.2, -0.15) is 0 Å². The lowest BCUT2D eigenvalue weighted by Crippen LogP contribution is -2.48. The second kappa shape index (κ2) is 8.82. The topological polar surface area (TPSA) is 87.3 Å². The van der Waals surface area contributed by atoms with Gasteiger partial charge in [-0.3, -0.25) is 25.2 Å². The molecule has 0 heterocycles. The molecule has 132 valence electrons. The van der Waals surface area contributed by atoms with Crippen molar-refractivity contribution in [2.75, 3.05) is 6.54 Å². The molecule has 2 rings (SSSR count). The van der Waals surface area contributed by atoms with E-state index in [1.54, 1.807) is 12.1 Å². The van der Waals surface area contributed by atoms with E-state index in [9.17, 15) is 14.4 Å². The summed E-state index contributed by atoms with van der Waals surface area (Å²) in [6.07, 6.45) is 1.41. The molecule has 3 N–H and O–H groups in total. The fourth-order valence-electron chi connectivity index (χ4n) is 2.62. The molecular weight excluding hydrogens is 318 g/mol. The highest BCUT2D eigenvalue weighted by atomic mass is 16.2. The van der Waals surface area contributed by atoms with Crippen molar-refractivity contribution in [1.82, 2.24) is 16.2 Å². The third-order valence-electron chi connectivity index (χ3n) is 4.13. The van der Waals surface area contributed by atoms with Gasteiger partial charge in [0, 0.05) is 11.5 Å². The van der Waals surface area contributed by atoms with Gasteiger partial charge in [0.05, 0.1) is 6.54 Å². The first-order valence-electron chi connectivity index (χ1n) is 8.41. The lowest BCUT2D eigenvalue weighted by atomic mass is 10.0. The highest BCUT2D eigenvalue weighted by Crippen LogP contribution is 2.18. The van der Waals surface area contributed by atoms with Crippen molar-refractivity contribution in [3.63, 3.8) is 0 Å². The molecule has 0 aliphatic rings. The highest BCUT2D eigenvalue weighted by molar-refractivity contribution is 6.07. The Labute approximate surface area is 147 Å². The Morgan fingerprint density at radius 2 is 1.60 bits per heavy atom. The first-order valence-corrected chi connectivity index (χ1v) is 8.41. The Morgan fingerprint density at radius 3 is 2.32 bits per heavy atom. The van der Waals surface area contributed by atoms with Crippen molar-refractivity contribution >= 4 is 28.5 Å². The number of rotatable bonds is 6. The first kappa shape index (κ1) is 18.4. The molecule has 2 aromatic carbocycles. The van der Waals surface area contributed by atoms with Gasteiger partial charge < -0.3 is 5.32 Å². The van der Waals surface area contributed by atoms with E-state index in [0.29, 0.717) is 18.4 Å². The molecule has 6 heteroatoms. The number of fused-ring (bicyclic) bond motifs is 1. The van der Waals surface area contributed by atoms with Gasteiger partial charge in [0.2, 0.25) is 5.91 Å². The summed E-state index contributed by atoms with van der Waals surface area (Å²) in [5.74, 6) is -1.17. The minimum absolute atomic E-state index is 0.134. The van der Waals surface area contributed by atoms with Crippen LogP contribution < -0.4 is 16.2 Å². The average molecular weight is 341 g/mol. The Bertz CT molecular complexity index is 764. The number of carbonyl (C=O) groups excluding carboxylic acids is 3. The summed E-state index contributed by atoms with van der Waals surface area (Å²) in [7, 11) is 0. The van der Waals surface area contributed by atoms with Crippen molar-refractivity contribution in [2.24, 2.45) is 5.92 Å². The van der Waals surface area contributed by atoms with Gasteiger partial charge >= 0.3 is 0 Å². The molecule has 0 fully saturated rings. The highest BCUT2D eigenvalue weighted by Gasteiger charge is 2.15. The summed E-state index contributed by atoms with van der Waals surface area (Å²) >= 11 is 0. The van der Waals surface area contributed by atoms with E-state index in [-0.39, 0.29) is 24.3 Å². The minimum atomic E-state index is -0.479. The van der Waals surface area contributed by atoms with Crippen LogP contribution in [0.4, 0.5) is 0 Å². The van der Waals surface area contributed by atoms with Crippen LogP contribution in [0.2, 0.25) is 0 Å². The zero-order valence-corrected chi connectivity index (χ0v) is 14.5. The van der Waals surface area contributed by atoms with Crippen LogP contribution in [-0.2, 0) is 9.59 Å². The standard InChI is InChI=1S/C19H23N3O3/c1-3-13(4-2)18(24)22-21-17(23)12-20-19(25)16-11-7-9-14-8-5-6-10-15(14)16/h5-11,13H,3-4,12H2,1-2H3,(H,20,25)(H,21,23)(H,22,24). The number of nitrogens with one attached hydrogen (secondary N) is 3. The van der Waals surface area contributed by atoms with Crippen molar-refractivity contribution in [3.8, 4) is 0 Å². The van der Waals surface area contributed by atoms with Crippen LogP contribution >= 0.6 is 0 Å². The first-order chi connectivity index (χ1) is 12.1. The van der Waals surface area contributed by atoms with Crippen molar-refractivity contribution < 1.29 is 14.4 Å². The molecule has 0 radical (unpaired) electrons. The Hall–Kier alpha value is -2.89. The van der Waals surface area contributed by atoms with E-state index >= 15 is 0 Å². The average Bonchev–Trinajstić information content (AvgIpc) is 2.64. The number of amides is 3. The third kappa shape index (κ3) is 4.79. The second-order valence-electron chi connectivity index (χ2n) is 5.76. The Morgan fingerprint density at radius 1 is 0.920 bits per heavy atom. The molecule has 0 spiro atoms. The predicted molar refractivity (Wildman–Crippen MR) is 96.6 cm³/mol. The normalized spacial score (nSPS) is 10.5. The lowest BCUT2D eigenvalue weighted by Gasteiger charge is -2.13. The SMILES string of the molecule is CCC(CC)C(=O)NNC(=O)CNC(=O)c1cccc2ccccc12. The monoisotopic (exact) mass is 341 g/mol. The molecule has 25 heavy (non-hydrogen) atoms. The number of carbonyl (C=O) groups is 3. The smallest absolute Gasteiger partial charge is 0.257 e. The van der Waals surface area contributed by atoms with Gasteiger partial charge in [0.1, 0.15) is 0 Å². The van der Waals surface area contributed by atoms with E-state index in [0.717, 1.165) is 10.8 Å². The van der Waals surface area contributed by atoms with Crippen LogP contribution in [0, 0.1) is 5.92 Å². The van der Waals surface area contributed by atoms with Gasteiger partial charge in [-0.25, -0.2) is 0 Å². The molecule has 2 aromatic rings. The second-order valence-corrected chi connectivity index (χ2v) is 5.76. The Kier molecular flexibility index (Phi) is 6.51. The number of hydrazine groups is 1. The fourth-order valence-corrected chi connectivity index (χ4v) is 2.62. The van der Waals surface area contributed by atoms with Gasteiger partial charge in [-0.15, -0.1) is 0 Å². The maximum Gasteiger partial charge on any atom is 0.257 e. The molecule has 0 aromatic heterocycles. The van der Waals surface area contributed by atoms with Crippen molar-refractivity contribution in [2.45, 2.75) is 26.7 Å². The van der Waals surface area contributed by atoms with Gasteiger partial charge in [0.15, 0.2) is 0 Å². The maximum absolute atomic E-state index is 12.3. The summed E-state index contributed by atoms with van der Waals surface area (Å²) in [5.41, 5.74) is 5.22. The molecule has 0 unspecified atom stereocenters. The molecule has 0 atom stereocenters. The van der Waals surface area contributed by atoms with Crippen LogP contribution in [0.3, 0.4) is 0 Å². The van der Waals surface area contributed by atoms with Crippen LogP contribution in [0.15, 0.2) is 42.5 Å². The molecule has 6 nitrogen and oxygen atoms in total. The van der Waals surface area contributed by atoms with E-state index < -0.39 is 5.91 Å². The van der Waals surface area contributed by atoms with Crippen LogP contribution in [-0.4, -0.2) is 24.3 Å². The third-order valence-corrected chi connectivity index (χ3v) is 4.13. The fraction of sp³-hybridized carbons (Fsp3) is 0.316. The molecular formula is C19H23N3O3. The number of hydrogen-bond donors (Lipinski definition) is 3. The molecule has 0 aliphatic carbocycles. The van der Waals surface area contributed by atoms with E-state index in [2.05, 4.69) is 16.2 Å². The molecule has 0 saturated heterocycles. The van der Waals surface area contributed by atoms with Gasteiger partial charge in [-0.1, -0.05) is 50.2 Å². The Balaban J connectivity index is 1.89.